The van der Waals surface area contributed by atoms with Gasteiger partial charge in [0.05, 0.1) is 16.2 Å². The highest BCUT2D eigenvalue weighted by Crippen LogP contribution is 2.21. The van der Waals surface area contributed by atoms with Crippen molar-refractivity contribution in [2.24, 2.45) is 0 Å². The van der Waals surface area contributed by atoms with Crippen LogP contribution in [0.1, 0.15) is 13.3 Å². The van der Waals surface area contributed by atoms with E-state index in [0.29, 0.717) is 24.4 Å². The van der Waals surface area contributed by atoms with Gasteiger partial charge in [-0.2, -0.15) is 0 Å². The Hall–Kier alpha value is -0.430. The Morgan fingerprint density at radius 3 is 2.53 bits per heavy atom. The van der Waals surface area contributed by atoms with E-state index in [4.69, 9.17) is 0 Å². The molecule has 1 unspecified atom stereocenters. The topological polar surface area (TPSA) is 57.6 Å². The number of likely N-dealkylation sites (tertiary alicyclic amines) is 1. The average Bonchev–Trinajstić information content (AvgIpc) is 2.67. The van der Waals surface area contributed by atoms with E-state index >= 15 is 0 Å². The Balaban J connectivity index is 1.97. The van der Waals surface area contributed by atoms with E-state index in [1.54, 1.807) is 31.2 Å². The number of aliphatic hydroxyl groups is 1. The molecule has 1 aliphatic heterocycles. The number of hydrogen-bond acceptors (Lipinski definition) is 4. The van der Waals surface area contributed by atoms with Gasteiger partial charge in [0.15, 0.2) is 9.84 Å². The van der Waals surface area contributed by atoms with Crippen molar-refractivity contribution in [1.82, 2.24) is 4.90 Å². The summed E-state index contributed by atoms with van der Waals surface area (Å²) in [6.45, 7) is 3.55. The summed E-state index contributed by atoms with van der Waals surface area (Å²) in [6, 6.07) is 6.68. The van der Waals surface area contributed by atoms with Gasteiger partial charge in [0.1, 0.15) is 0 Å². The minimum absolute atomic E-state index is 0.0880. The van der Waals surface area contributed by atoms with Crippen molar-refractivity contribution in [3.8, 4) is 0 Å². The second-order valence-corrected chi connectivity index (χ2v) is 8.32. The number of sulfone groups is 1. The summed E-state index contributed by atoms with van der Waals surface area (Å²) in [5.41, 5.74) is -0.679. The molecule has 0 saturated carbocycles. The summed E-state index contributed by atoms with van der Waals surface area (Å²) < 4.78 is 25.2. The zero-order valence-corrected chi connectivity index (χ0v) is 13.2. The van der Waals surface area contributed by atoms with Gasteiger partial charge in [-0.1, -0.05) is 15.9 Å². The molecular formula is C13H18BrNO3S. The number of nitrogens with zero attached hydrogens (tertiary/aromatic N) is 1. The van der Waals surface area contributed by atoms with E-state index < -0.39 is 15.4 Å². The molecule has 0 amide bonds. The van der Waals surface area contributed by atoms with Gasteiger partial charge in [-0.3, -0.25) is 4.90 Å². The predicted molar refractivity (Wildman–Crippen MR) is 77.9 cm³/mol. The first-order valence-corrected chi connectivity index (χ1v) is 8.66. The Kier molecular flexibility index (Phi) is 4.35. The third-order valence-corrected chi connectivity index (χ3v) is 5.62. The lowest BCUT2D eigenvalue weighted by Gasteiger charge is -2.18. The Morgan fingerprint density at radius 2 is 2.00 bits per heavy atom. The molecule has 0 aliphatic carbocycles. The number of benzene rings is 1. The third-order valence-electron chi connectivity index (χ3n) is 3.38. The molecule has 0 spiro atoms. The maximum absolute atomic E-state index is 12.2. The van der Waals surface area contributed by atoms with Gasteiger partial charge in [-0.05, 0) is 37.6 Å². The van der Waals surface area contributed by atoms with Gasteiger partial charge in [0.2, 0.25) is 0 Å². The maximum Gasteiger partial charge on any atom is 0.179 e. The molecule has 1 aliphatic rings. The zero-order valence-electron chi connectivity index (χ0n) is 10.8. The fraction of sp³-hybridized carbons (Fsp3) is 0.538. The van der Waals surface area contributed by atoms with E-state index in [-0.39, 0.29) is 5.75 Å². The lowest BCUT2D eigenvalue weighted by Crippen LogP contribution is -2.32. The minimum atomic E-state index is -3.25. The van der Waals surface area contributed by atoms with Crippen LogP contribution in [0.4, 0.5) is 0 Å². The summed E-state index contributed by atoms with van der Waals surface area (Å²) in [6.07, 6.45) is 0.700. The van der Waals surface area contributed by atoms with Crippen LogP contribution in [0.5, 0.6) is 0 Å². The second-order valence-electron chi connectivity index (χ2n) is 5.30. The van der Waals surface area contributed by atoms with Crippen molar-refractivity contribution in [3.63, 3.8) is 0 Å². The van der Waals surface area contributed by atoms with Crippen molar-refractivity contribution in [2.75, 3.05) is 25.4 Å². The van der Waals surface area contributed by atoms with E-state index in [2.05, 4.69) is 15.9 Å². The monoisotopic (exact) mass is 347 g/mol. The summed E-state index contributed by atoms with van der Waals surface area (Å²) in [5, 5.41) is 9.85. The number of rotatable bonds is 4. The Morgan fingerprint density at radius 1 is 1.37 bits per heavy atom. The molecule has 0 aromatic heterocycles. The standard InChI is InChI=1S/C13H18BrNO3S/c1-13(16)6-7-15(10-13)8-9-19(17,18)12-4-2-11(14)3-5-12/h2-5,16H,6-10H2,1H3. The average molecular weight is 348 g/mol. The van der Waals surface area contributed by atoms with Crippen LogP contribution in [0.3, 0.4) is 0 Å². The molecule has 1 saturated heterocycles. The van der Waals surface area contributed by atoms with Gasteiger partial charge in [-0.25, -0.2) is 8.42 Å². The number of hydrogen-bond donors (Lipinski definition) is 1. The highest BCUT2D eigenvalue weighted by atomic mass is 79.9. The van der Waals surface area contributed by atoms with Crippen LogP contribution in [-0.4, -0.2) is 49.4 Å². The molecule has 1 heterocycles. The lowest BCUT2D eigenvalue weighted by atomic mass is 10.1. The molecule has 1 N–H and O–H groups in total. The number of β-amino-alcohol motifs (C(OH)–C–C–N with tert-alkyl or cyclic N) is 1. The molecule has 1 aromatic rings. The van der Waals surface area contributed by atoms with Crippen molar-refractivity contribution in [2.45, 2.75) is 23.8 Å². The lowest BCUT2D eigenvalue weighted by molar-refractivity contribution is 0.0696. The van der Waals surface area contributed by atoms with Crippen LogP contribution in [-0.2, 0) is 9.84 Å². The van der Waals surface area contributed by atoms with Crippen molar-refractivity contribution >= 4 is 25.8 Å². The maximum atomic E-state index is 12.2. The molecule has 106 valence electrons. The normalized spacial score (nSPS) is 24.8. The van der Waals surface area contributed by atoms with Gasteiger partial charge in [0, 0.05) is 24.1 Å². The van der Waals surface area contributed by atoms with Crippen LogP contribution in [0, 0.1) is 0 Å². The van der Waals surface area contributed by atoms with Gasteiger partial charge >= 0.3 is 0 Å². The molecule has 1 fully saturated rings. The quantitative estimate of drug-likeness (QED) is 0.900. The first kappa shape index (κ1) is 15.0. The largest absolute Gasteiger partial charge is 0.389 e. The van der Waals surface area contributed by atoms with Crippen molar-refractivity contribution in [3.05, 3.63) is 28.7 Å². The van der Waals surface area contributed by atoms with Crippen LogP contribution in [0.25, 0.3) is 0 Å². The smallest absolute Gasteiger partial charge is 0.179 e. The number of halogens is 1. The first-order valence-electron chi connectivity index (χ1n) is 6.22. The molecule has 2 rings (SSSR count). The van der Waals surface area contributed by atoms with E-state index in [1.165, 1.54) is 0 Å². The molecule has 19 heavy (non-hydrogen) atoms. The molecule has 0 radical (unpaired) electrons. The van der Waals surface area contributed by atoms with Crippen molar-refractivity contribution in [1.29, 1.82) is 0 Å². The minimum Gasteiger partial charge on any atom is -0.389 e. The molecular weight excluding hydrogens is 330 g/mol. The molecule has 6 heteroatoms. The zero-order chi connectivity index (χ0) is 14.1. The molecule has 4 nitrogen and oxygen atoms in total. The van der Waals surface area contributed by atoms with E-state index in [9.17, 15) is 13.5 Å². The predicted octanol–water partition coefficient (Wildman–Crippen LogP) is 1.68. The summed E-state index contributed by atoms with van der Waals surface area (Å²) in [5.74, 6) is 0.0880. The fourth-order valence-corrected chi connectivity index (χ4v) is 3.79. The Bertz CT molecular complexity index is 540. The first-order chi connectivity index (χ1) is 8.78. The highest BCUT2D eigenvalue weighted by Gasteiger charge is 2.31. The molecule has 1 aromatic carbocycles. The summed E-state index contributed by atoms with van der Waals surface area (Å²) >= 11 is 3.29. The van der Waals surface area contributed by atoms with Gasteiger partial charge < -0.3 is 5.11 Å². The van der Waals surface area contributed by atoms with E-state index in [0.717, 1.165) is 11.0 Å². The Labute approximate surface area is 122 Å². The van der Waals surface area contributed by atoms with Gasteiger partial charge in [0.25, 0.3) is 0 Å². The molecule has 0 bridgehead atoms. The van der Waals surface area contributed by atoms with Crippen LogP contribution >= 0.6 is 15.9 Å². The van der Waals surface area contributed by atoms with E-state index in [1.807, 2.05) is 4.90 Å². The van der Waals surface area contributed by atoms with Crippen LogP contribution in [0.15, 0.2) is 33.6 Å². The second kappa shape index (κ2) is 5.52. The van der Waals surface area contributed by atoms with Crippen molar-refractivity contribution < 1.29 is 13.5 Å². The highest BCUT2D eigenvalue weighted by molar-refractivity contribution is 9.10. The third kappa shape index (κ3) is 4.02. The summed E-state index contributed by atoms with van der Waals surface area (Å²) in [7, 11) is -3.25. The van der Waals surface area contributed by atoms with Gasteiger partial charge in [-0.15, -0.1) is 0 Å². The fourth-order valence-electron chi connectivity index (χ4n) is 2.24. The van der Waals surface area contributed by atoms with Crippen LogP contribution < -0.4 is 0 Å². The molecule has 1 atom stereocenters. The SMILES string of the molecule is CC1(O)CCN(CCS(=O)(=O)c2ccc(Br)cc2)C1. The summed E-state index contributed by atoms with van der Waals surface area (Å²) in [4.78, 5) is 2.35. The van der Waals surface area contributed by atoms with Crippen LogP contribution in [0.2, 0.25) is 0 Å².